The summed E-state index contributed by atoms with van der Waals surface area (Å²) >= 11 is 0. The molecule has 0 aliphatic carbocycles. The van der Waals surface area contributed by atoms with E-state index in [1.165, 1.54) is 0 Å². The summed E-state index contributed by atoms with van der Waals surface area (Å²) in [5.41, 5.74) is -0.456. The highest BCUT2D eigenvalue weighted by Gasteiger charge is 2.30. The minimum atomic E-state index is -0.456. The first-order valence-electron chi connectivity index (χ1n) is 13.4. The fourth-order valence-electron chi connectivity index (χ4n) is 2.83. The van der Waals surface area contributed by atoms with Gasteiger partial charge < -0.3 is 28.4 Å². The van der Waals surface area contributed by atoms with Crippen molar-refractivity contribution in [1.29, 1.82) is 0 Å². The van der Waals surface area contributed by atoms with Crippen LogP contribution in [0, 0.1) is 23.2 Å². The lowest BCUT2D eigenvalue weighted by molar-refractivity contribution is -0.151. The van der Waals surface area contributed by atoms with E-state index in [1.807, 2.05) is 48.5 Å². The van der Waals surface area contributed by atoms with E-state index in [9.17, 15) is 14.4 Å². The van der Waals surface area contributed by atoms with E-state index >= 15 is 0 Å². The van der Waals surface area contributed by atoms with E-state index in [4.69, 9.17) is 28.4 Å². The quantitative estimate of drug-likeness (QED) is 0.118. The molecule has 0 bridgehead atoms. The van der Waals surface area contributed by atoms with Crippen LogP contribution in [0.15, 0.2) is 0 Å². The average molecular weight is 519 g/mol. The highest BCUT2D eigenvalue weighted by Crippen LogP contribution is 2.24. The van der Waals surface area contributed by atoms with Crippen molar-refractivity contribution in [3.63, 3.8) is 0 Å². The minimum absolute atomic E-state index is 0.134. The molecule has 3 unspecified atom stereocenters. The predicted octanol–water partition coefficient (Wildman–Crippen LogP) is 4.20. The van der Waals surface area contributed by atoms with Gasteiger partial charge in [-0.15, -0.1) is 0 Å². The second-order valence-corrected chi connectivity index (χ2v) is 9.44. The Morgan fingerprint density at radius 1 is 0.528 bits per heavy atom. The zero-order chi connectivity index (χ0) is 27.4. The zero-order valence-corrected chi connectivity index (χ0v) is 23.6. The topological polar surface area (TPSA) is 107 Å². The van der Waals surface area contributed by atoms with Crippen LogP contribution in [0.25, 0.3) is 0 Å². The maximum atomic E-state index is 11.8. The predicted molar refractivity (Wildman–Crippen MR) is 136 cm³/mol. The van der Waals surface area contributed by atoms with Crippen molar-refractivity contribution in [2.24, 2.45) is 23.2 Å². The van der Waals surface area contributed by atoms with Crippen LogP contribution in [-0.4, -0.2) is 77.4 Å². The van der Waals surface area contributed by atoms with E-state index < -0.39 is 5.41 Å². The summed E-state index contributed by atoms with van der Waals surface area (Å²) in [6.07, 6.45) is 2.89. The molecule has 9 nitrogen and oxygen atoms in total. The summed E-state index contributed by atoms with van der Waals surface area (Å²) in [6, 6.07) is 0. The van der Waals surface area contributed by atoms with Crippen LogP contribution < -0.4 is 0 Å². The first-order chi connectivity index (χ1) is 17.2. The summed E-state index contributed by atoms with van der Waals surface area (Å²) in [5.74, 6) is -1.09. The normalized spacial score (nSPS) is 15.4. The van der Waals surface area contributed by atoms with Crippen LogP contribution in [0.1, 0.15) is 74.1 Å². The molecule has 0 spiro atoms. The van der Waals surface area contributed by atoms with Gasteiger partial charge in [0.25, 0.3) is 0 Å². The van der Waals surface area contributed by atoms with Gasteiger partial charge in [-0.2, -0.15) is 0 Å². The third-order valence-electron chi connectivity index (χ3n) is 6.43. The second kappa shape index (κ2) is 20.4. The average Bonchev–Trinajstić information content (AvgIpc) is 2.89. The fourth-order valence-corrected chi connectivity index (χ4v) is 2.83. The number of rotatable bonds is 22. The number of hydrogen-bond acceptors (Lipinski definition) is 9. The molecule has 0 aromatic heterocycles. The van der Waals surface area contributed by atoms with Crippen molar-refractivity contribution >= 4 is 17.9 Å². The van der Waals surface area contributed by atoms with Gasteiger partial charge in [0.2, 0.25) is 0 Å². The molecule has 9 heteroatoms. The van der Waals surface area contributed by atoms with Crippen molar-refractivity contribution in [2.75, 3.05) is 59.5 Å². The van der Waals surface area contributed by atoms with Gasteiger partial charge in [0.15, 0.2) is 0 Å². The van der Waals surface area contributed by atoms with Crippen LogP contribution in [0.5, 0.6) is 0 Å². The first kappa shape index (κ1) is 34.3. The Hall–Kier alpha value is -1.71. The lowest BCUT2D eigenvalue weighted by Crippen LogP contribution is -2.38. The maximum absolute atomic E-state index is 11.8. The Balaban J connectivity index is 4.68. The molecule has 0 aromatic carbocycles. The lowest BCUT2D eigenvalue weighted by Gasteiger charge is -2.32. The Kier molecular flexibility index (Phi) is 19.4. The van der Waals surface area contributed by atoms with Crippen molar-refractivity contribution in [3.05, 3.63) is 0 Å². The first-order valence-corrected chi connectivity index (χ1v) is 13.4. The number of carbonyl (C=O) groups excluding carboxylic acids is 3. The highest BCUT2D eigenvalue weighted by molar-refractivity contribution is 5.72. The molecule has 0 amide bonds. The van der Waals surface area contributed by atoms with E-state index in [2.05, 4.69) is 0 Å². The van der Waals surface area contributed by atoms with E-state index in [1.54, 1.807) is 0 Å². The van der Waals surface area contributed by atoms with Gasteiger partial charge in [0, 0.05) is 5.41 Å². The highest BCUT2D eigenvalue weighted by atomic mass is 16.6. The van der Waals surface area contributed by atoms with Crippen molar-refractivity contribution < 1.29 is 42.8 Å². The molecule has 0 radical (unpaired) electrons. The molecule has 212 valence electrons. The fraction of sp³-hybridized carbons (Fsp3) is 0.889. The molecule has 0 aliphatic heterocycles. The molecular weight excluding hydrogens is 468 g/mol. The van der Waals surface area contributed by atoms with Gasteiger partial charge >= 0.3 is 17.9 Å². The molecule has 36 heavy (non-hydrogen) atoms. The van der Waals surface area contributed by atoms with Gasteiger partial charge in [-0.3, -0.25) is 14.4 Å². The summed E-state index contributed by atoms with van der Waals surface area (Å²) in [6.45, 7) is 15.7. The van der Waals surface area contributed by atoms with Crippen LogP contribution in [0.3, 0.4) is 0 Å². The standard InChI is InChI=1S/C27H50O9/c1-8-21(5)24(28)34-15-12-31-18-27(11-4,19-32-13-16-35-25(29)22(6)9-2)20-33-14-17-36-26(30)23(7)10-3/h21-23H,8-20H2,1-7H3. The number of ether oxygens (including phenoxy) is 6. The van der Waals surface area contributed by atoms with Crippen LogP contribution in [0.2, 0.25) is 0 Å². The van der Waals surface area contributed by atoms with Gasteiger partial charge in [0.1, 0.15) is 19.8 Å². The number of esters is 3. The molecule has 0 aromatic rings. The van der Waals surface area contributed by atoms with Crippen molar-refractivity contribution in [3.8, 4) is 0 Å². The van der Waals surface area contributed by atoms with Gasteiger partial charge in [-0.1, -0.05) is 48.5 Å². The molecular formula is C27H50O9. The Labute approximate surface area is 217 Å². The van der Waals surface area contributed by atoms with Gasteiger partial charge in [-0.05, 0) is 25.7 Å². The molecule has 0 N–H and O–H groups in total. The molecule has 0 rings (SSSR count). The minimum Gasteiger partial charge on any atom is -0.463 e. The Morgan fingerprint density at radius 3 is 1.03 bits per heavy atom. The molecule has 0 heterocycles. The lowest BCUT2D eigenvalue weighted by atomic mass is 9.88. The smallest absolute Gasteiger partial charge is 0.308 e. The summed E-state index contributed by atoms with van der Waals surface area (Å²) in [4.78, 5) is 35.5. The Morgan fingerprint density at radius 2 is 0.806 bits per heavy atom. The van der Waals surface area contributed by atoms with E-state index in [0.29, 0.717) is 26.2 Å². The third kappa shape index (κ3) is 14.8. The van der Waals surface area contributed by atoms with Crippen molar-refractivity contribution in [2.45, 2.75) is 74.1 Å². The van der Waals surface area contributed by atoms with Crippen LogP contribution >= 0.6 is 0 Å². The molecule has 0 saturated heterocycles. The molecule has 3 atom stereocenters. The molecule has 0 fully saturated rings. The summed E-state index contributed by atoms with van der Waals surface area (Å²) in [5, 5.41) is 0. The Bertz CT molecular complexity index is 529. The zero-order valence-electron chi connectivity index (χ0n) is 23.6. The number of carbonyl (C=O) groups is 3. The van der Waals surface area contributed by atoms with Crippen LogP contribution in [-0.2, 0) is 42.8 Å². The second-order valence-electron chi connectivity index (χ2n) is 9.44. The SMILES string of the molecule is CCC(C)C(=O)OCCOCC(CC)(COCCOC(=O)C(C)CC)COCCOC(=O)C(C)CC. The third-order valence-corrected chi connectivity index (χ3v) is 6.43. The molecule has 0 saturated carbocycles. The summed E-state index contributed by atoms with van der Waals surface area (Å²) in [7, 11) is 0. The van der Waals surface area contributed by atoms with E-state index in [0.717, 1.165) is 19.3 Å². The summed E-state index contributed by atoms with van der Waals surface area (Å²) < 4.78 is 33.2. The van der Waals surface area contributed by atoms with Crippen molar-refractivity contribution in [1.82, 2.24) is 0 Å². The van der Waals surface area contributed by atoms with Crippen LogP contribution in [0.4, 0.5) is 0 Å². The maximum Gasteiger partial charge on any atom is 0.308 e. The van der Waals surface area contributed by atoms with E-state index in [-0.39, 0.29) is 75.3 Å². The largest absolute Gasteiger partial charge is 0.463 e. The molecule has 0 aliphatic rings. The van der Waals surface area contributed by atoms with Gasteiger partial charge in [0.05, 0.1) is 57.4 Å². The monoisotopic (exact) mass is 518 g/mol. The van der Waals surface area contributed by atoms with Gasteiger partial charge in [-0.25, -0.2) is 0 Å². The number of hydrogen-bond donors (Lipinski definition) is 0.